The lowest BCUT2D eigenvalue weighted by molar-refractivity contribution is -0.267. The maximum Gasteiger partial charge on any atom is 0.463 e. The maximum absolute atomic E-state index is 12.8. The first kappa shape index (κ1) is 17.3. The number of benzene rings is 1. The summed E-state index contributed by atoms with van der Waals surface area (Å²) in [6, 6.07) is 2.65. The van der Waals surface area contributed by atoms with E-state index in [-0.39, 0.29) is 10.5 Å². The lowest BCUT2D eigenvalue weighted by atomic mass is 10.2. The van der Waals surface area contributed by atoms with Crippen molar-refractivity contribution < 1.29 is 35.2 Å². The summed E-state index contributed by atoms with van der Waals surface area (Å²) in [5.41, 5.74) is -0.441. The number of primary sulfonamides is 1. The normalized spacial score (nSPS) is 13.1. The van der Waals surface area contributed by atoms with Gasteiger partial charge in [-0.2, -0.15) is 22.0 Å². The average molecular weight is 332 g/mol. The molecule has 0 fully saturated rings. The summed E-state index contributed by atoms with van der Waals surface area (Å²) in [6.07, 6.45) is -6.04. The molecule has 0 aromatic heterocycles. The Morgan fingerprint density at radius 3 is 2.10 bits per heavy atom. The number of nitrogens with one attached hydrogen (secondary N) is 1. The van der Waals surface area contributed by atoms with Crippen LogP contribution in [0.4, 0.5) is 27.6 Å². The molecule has 0 bridgehead atoms. The summed E-state index contributed by atoms with van der Waals surface area (Å²) in [5, 5.41) is 6.21. The molecule has 0 unspecified atom stereocenters. The highest BCUT2D eigenvalue weighted by Crippen LogP contribution is 2.36. The quantitative estimate of drug-likeness (QED) is 0.827. The topological polar surface area (TPSA) is 89.3 Å². The van der Waals surface area contributed by atoms with Gasteiger partial charge in [0, 0.05) is 5.69 Å². The molecule has 0 aliphatic carbocycles. The van der Waals surface area contributed by atoms with Gasteiger partial charge in [-0.15, -0.1) is 0 Å². The molecule has 0 atom stereocenters. The van der Waals surface area contributed by atoms with E-state index in [4.69, 9.17) is 5.14 Å². The van der Waals surface area contributed by atoms with Gasteiger partial charge < -0.3 is 5.32 Å². The zero-order valence-corrected chi connectivity index (χ0v) is 11.1. The first-order chi connectivity index (χ1) is 9.26. The fourth-order valence-electron chi connectivity index (χ4n) is 1.28. The molecule has 0 radical (unpaired) electrons. The highest BCUT2D eigenvalue weighted by molar-refractivity contribution is 7.89. The van der Waals surface area contributed by atoms with Gasteiger partial charge in [-0.3, -0.25) is 4.79 Å². The van der Waals surface area contributed by atoms with E-state index in [2.05, 4.69) is 0 Å². The summed E-state index contributed by atoms with van der Waals surface area (Å²) in [7, 11) is -4.06. The molecule has 11 heteroatoms. The van der Waals surface area contributed by atoms with Gasteiger partial charge in [0.05, 0.1) is 4.90 Å². The monoisotopic (exact) mass is 332 g/mol. The van der Waals surface area contributed by atoms with Crippen LogP contribution >= 0.6 is 0 Å². The molecule has 0 saturated heterocycles. The van der Waals surface area contributed by atoms with Crippen molar-refractivity contribution in [2.75, 3.05) is 5.32 Å². The summed E-state index contributed by atoms with van der Waals surface area (Å²) in [6.45, 7) is 1.20. The van der Waals surface area contributed by atoms with Crippen LogP contribution in [0.3, 0.4) is 0 Å². The van der Waals surface area contributed by atoms with Crippen molar-refractivity contribution in [3.8, 4) is 0 Å². The number of carbonyl (C=O) groups is 1. The van der Waals surface area contributed by atoms with E-state index < -0.39 is 33.7 Å². The minimum atomic E-state index is -6.04. The number of amides is 1. The second kappa shape index (κ2) is 5.22. The van der Waals surface area contributed by atoms with Crippen molar-refractivity contribution in [3.05, 3.63) is 23.8 Å². The molecule has 5 nitrogen and oxygen atoms in total. The third kappa shape index (κ3) is 3.67. The Hall–Kier alpha value is -1.75. The van der Waals surface area contributed by atoms with Gasteiger partial charge in [0.2, 0.25) is 10.0 Å². The first-order valence-electron chi connectivity index (χ1n) is 5.16. The largest absolute Gasteiger partial charge is 0.463 e. The predicted molar refractivity (Wildman–Crippen MR) is 62.2 cm³/mol. The van der Waals surface area contributed by atoms with Crippen LogP contribution < -0.4 is 10.5 Å². The van der Waals surface area contributed by atoms with Gasteiger partial charge in [-0.1, -0.05) is 0 Å². The lowest BCUT2D eigenvalue weighted by Crippen LogP contribution is -2.47. The molecular weight excluding hydrogens is 323 g/mol. The Labute approximate surface area is 116 Å². The van der Waals surface area contributed by atoms with E-state index >= 15 is 0 Å². The molecule has 118 valence electrons. The number of sulfonamides is 1. The summed E-state index contributed by atoms with van der Waals surface area (Å²) >= 11 is 0. The lowest BCUT2D eigenvalue weighted by Gasteiger charge is -2.19. The summed E-state index contributed by atoms with van der Waals surface area (Å²) in [5.74, 6) is -8.14. The van der Waals surface area contributed by atoms with Gasteiger partial charge >= 0.3 is 18.0 Å². The number of anilines is 1. The van der Waals surface area contributed by atoms with Crippen LogP contribution in [-0.4, -0.2) is 26.4 Å². The SMILES string of the molecule is Cc1cc(S(N)(=O)=O)ccc1NC(=O)C(F)(F)C(F)(F)F. The number of halogens is 5. The van der Waals surface area contributed by atoms with Crippen molar-refractivity contribution in [2.45, 2.75) is 23.9 Å². The van der Waals surface area contributed by atoms with Gasteiger partial charge in [-0.25, -0.2) is 13.6 Å². The van der Waals surface area contributed by atoms with Crippen LogP contribution in [0.2, 0.25) is 0 Å². The molecule has 1 rings (SSSR count). The van der Waals surface area contributed by atoms with Crippen LogP contribution in [-0.2, 0) is 14.8 Å². The molecule has 0 saturated carbocycles. The van der Waals surface area contributed by atoms with Crippen molar-refractivity contribution in [2.24, 2.45) is 5.14 Å². The smallest absolute Gasteiger partial charge is 0.320 e. The molecule has 3 N–H and O–H groups in total. The Balaban J connectivity index is 3.08. The third-order valence-electron chi connectivity index (χ3n) is 2.42. The van der Waals surface area contributed by atoms with E-state index in [1.54, 1.807) is 0 Å². The molecule has 21 heavy (non-hydrogen) atoms. The zero-order valence-electron chi connectivity index (χ0n) is 10.3. The van der Waals surface area contributed by atoms with Crippen molar-refractivity contribution in [3.63, 3.8) is 0 Å². The minimum absolute atomic E-state index is 0.0483. The van der Waals surface area contributed by atoms with Gasteiger partial charge in [-0.05, 0) is 30.7 Å². The summed E-state index contributed by atoms with van der Waals surface area (Å²) in [4.78, 5) is 10.6. The van der Waals surface area contributed by atoms with Crippen molar-refractivity contribution in [1.29, 1.82) is 0 Å². The van der Waals surface area contributed by atoms with Gasteiger partial charge in [0.1, 0.15) is 0 Å². The molecule has 1 amide bonds. The number of aryl methyl sites for hydroxylation is 1. The molecule has 1 aromatic carbocycles. The fourth-order valence-corrected chi connectivity index (χ4v) is 1.88. The van der Waals surface area contributed by atoms with E-state index in [1.807, 2.05) is 0 Å². The van der Waals surface area contributed by atoms with Crippen molar-refractivity contribution >= 4 is 21.6 Å². The van der Waals surface area contributed by atoms with Gasteiger partial charge in [0.25, 0.3) is 0 Å². The highest BCUT2D eigenvalue weighted by atomic mass is 32.2. The second-order valence-electron chi connectivity index (χ2n) is 4.05. The Morgan fingerprint density at radius 1 is 1.19 bits per heavy atom. The number of nitrogens with two attached hydrogens (primary N) is 1. The molecule has 0 aliphatic heterocycles. The third-order valence-corrected chi connectivity index (χ3v) is 3.33. The predicted octanol–water partition coefficient (Wildman–Crippen LogP) is 1.78. The van der Waals surface area contributed by atoms with Crippen LogP contribution in [0, 0.1) is 6.92 Å². The number of carbonyl (C=O) groups excluding carboxylic acids is 1. The first-order valence-corrected chi connectivity index (χ1v) is 6.71. The average Bonchev–Trinajstić information content (AvgIpc) is 2.28. The molecule has 0 spiro atoms. The van der Waals surface area contributed by atoms with E-state index in [0.717, 1.165) is 18.2 Å². The highest BCUT2D eigenvalue weighted by Gasteiger charge is 2.63. The number of rotatable bonds is 3. The van der Waals surface area contributed by atoms with E-state index in [1.165, 1.54) is 12.2 Å². The van der Waals surface area contributed by atoms with E-state index in [0.29, 0.717) is 0 Å². The van der Waals surface area contributed by atoms with Gasteiger partial charge in [0.15, 0.2) is 0 Å². The Morgan fingerprint density at radius 2 is 1.71 bits per heavy atom. The van der Waals surface area contributed by atoms with Crippen LogP contribution in [0.15, 0.2) is 23.1 Å². The number of alkyl halides is 5. The second-order valence-corrected chi connectivity index (χ2v) is 5.61. The molecule has 1 aromatic rings. The van der Waals surface area contributed by atoms with E-state index in [9.17, 15) is 35.2 Å². The van der Waals surface area contributed by atoms with Crippen LogP contribution in [0.5, 0.6) is 0 Å². The molecular formula is C10H9F5N2O3S. The standard InChI is InChI=1S/C10H9F5N2O3S/c1-5-4-6(21(16,19)20)2-3-7(5)17-8(18)9(11,12)10(13,14)15/h2-4H,1H3,(H,17,18)(H2,16,19,20). The van der Waals surface area contributed by atoms with Crippen molar-refractivity contribution in [1.82, 2.24) is 0 Å². The Bertz CT molecular complexity index is 670. The van der Waals surface area contributed by atoms with Crippen LogP contribution in [0.25, 0.3) is 0 Å². The zero-order chi connectivity index (χ0) is 16.6. The number of hydrogen-bond donors (Lipinski definition) is 2. The summed E-state index contributed by atoms with van der Waals surface area (Å²) < 4.78 is 83.6. The number of hydrogen-bond acceptors (Lipinski definition) is 3. The maximum atomic E-state index is 12.8. The fraction of sp³-hybridized carbons (Fsp3) is 0.300. The minimum Gasteiger partial charge on any atom is -0.320 e. The molecule has 0 heterocycles. The Kier molecular flexibility index (Phi) is 4.30. The van der Waals surface area contributed by atoms with Crippen LogP contribution in [0.1, 0.15) is 5.56 Å². The molecule has 0 aliphatic rings.